The van der Waals surface area contributed by atoms with Gasteiger partial charge in [-0.3, -0.25) is 0 Å². The summed E-state index contributed by atoms with van der Waals surface area (Å²) in [6.07, 6.45) is 4.47. The second-order valence-corrected chi connectivity index (χ2v) is 4.85. The molecule has 1 nitrogen and oxygen atoms in total. The van der Waals surface area contributed by atoms with Crippen LogP contribution in [0.4, 0.5) is 0 Å². The number of hydrogen-bond acceptors (Lipinski definition) is 1. The first-order valence-electron chi connectivity index (χ1n) is 5.63. The summed E-state index contributed by atoms with van der Waals surface area (Å²) in [4.78, 5) is 0. The van der Waals surface area contributed by atoms with Crippen molar-refractivity contribution in [3.8, 4) is 0 Å². The molecule has 2 rings (SSSR count). The van der Waals surface area contributed by atoms with Crippen LogP contribution in [0.5, 0.6) is 0 Å². The molecule has 0 amide bonds. The van der Waals surface area contributed by atoms with Gasteiger partial charge in [0.25, 0.3) is 0 Å². The summed E-state index contributed by atoms with van der Waals surface area (Å²) in [5.41, 5.74) is 2.04. The molecule has 2 heteroatoms. The van der Waals surface area contributed by atoms with Crippen LogP contribution in [0, 0.1) is 12.8 Å². The Labute approximate surface area is 96.1 Å². The van der Waals surface area contributed by atoms with Crippen LogP contribution in [0.3, 0.4) is 0 Å². The van der Waals surface area contributed by atoms with E-state index in [2.05, 4.69) is 0 Å². The van der Waals surface area contributed by atoms with Gasteiger partial charge in [-0.1, -0.05) is 36.6 Å². The molecule has 0 heterocycles. The predicted molar refractivity (Wildman–Crippen MR) is 63.1 cm³/mol. The van der Waals surface area contributed by atoms with Crippen LogP contribution in [0.15, 0.2) is 18.2 Å². The highest BCUT2D eigenvalue weighted by Gasteiger charge is 2.25. The van der Waals surface area contributed by atoms with Crippen molar-refractivity contribution in [1.82, 2.24) is 0 Å². The molecule has 0 saturated heterocycles. The monoisotopic (exact) mass is 224 g/mol. The maximum atomic E-state index is 10.3. The lowest BCUT2D eigenvalue weighted by molar-refractivity contribution is 0.111. The summed E-state index contributed by atoms with van der Waals surface area (Å²) in [5.74, 6) is 0.433. The molecule has 0 aliphatic heterocycles. The van der Waals surface area contributed by atoms with Crippen LogP contribution < -0.4 is 0 Å². The van der Waals surface area contributed by atoms with Crippen LogP contribution in [-0.2, 0) is 0 Å². The van der Waals surface area contributed by atoms with E-state index in [0.29, 0.717) is 5.92 Å². The van der Waals surface area contributed by atoms with Gasteiger partial charge in [-0.2, -0.15) is 0 Å². The fourth-order valence-corrected chi connectivity index (χ4v) is 2.65. The summed E-state index contributed by atoms with van der Waals surface area (Å²) in [7, 11) is 0. The maximum absolute atomic E-state index is 10.3. The Morgan fingerprint density at radius 2 is 2.00 bits per heavy atom. The third-order valence-electron chi connectivity index (χ3n) is 3.47. The van der Waals surface area contributed by atoms with E-state index < -0.39 is 0 Å². The standard InChI is InChI=1S/C13H17ClO/c1-9-11(7-4-8-12(9)14)13(15)10-5-2-3-6-10/h4,7-8,10,13,15H,2-3,5-6H2,1H3. The molecule has 1 unspecified atom stereocenters. The molecule has 1 fully saturated rings. The van der Waals surface area contributed by atoms with Crippen LogP contribution in [-0.4, -0.2) is 5.11 Å². The summed E-state index contributed by atoms with van der Waals surface area (Å²) in [6.45, 7) is 1.98. The smallest absolute Gasteiger partial charge is 0.0821 e. The van der Waals surface area contributed by atoms with Gasteiger partial charge in [-0.05, 0) is 42.9 Å². The van der Waals surface area contributed by atoms with Crippen LogP contribution in [0.25, 0.3) is 0 Å². The number of rotatable bonds is 2. The van der Waals surface area contributed by atoms with E-state index in [1.807, 2.05) is 25.1 Å². The molecule has 1 aliphatic carbocycles. The average Bonchev–Trinajstić information content (AvgIpc) is 2.74. The Morgan fingerprint density at radius 1 is 1.33 bits per heavy atom. The largest absolute Gasteiger partial charge is 0.388 e. The molecule has 1 atom stereocenters. The second-order valence-electron chi connectivity index (χ2n) is 4.44. The van der Waals surface area contributed by atoms with E-state index in [1.165, 1.54) is 12.8 Å². The molecule has 1 aliphatic rings. The summed E-state index contributed by atoms with van der Waals surface area (Å²) >= 11 is 6.05. The first-order chi connectivity index (χ1) is 7.20. The van der Waals surface area contributed by atoms with Crippen molar-refractivity contribution in [3.05, 3.63) is 34.3 Å². The minimum Gasteiger partial charge on any atom is -0.388 e. The van der Waals surface area contributed by atoms with E-state index >= 15 is 0 Å². The van der Waals surface area contributed by atoms with Crippen molar-refractivity contribution in [2.75, 3.05) is 0 Å². The van der Waals surface area contributed by atoms with Gasteiger partial charge in [0.05, 0.1) is 6.10 Å². The fourth-order valence-electron chi connectivity index (χ4n) is 2.47. The number of aliphatic hydroxyl groups excluding tert-OH is 1. The van der Waals surface area contributed by atoms with Crippen molar-refractivity contribution < 1.29 is 5.11 Å². The zero-order valence-electron chi connectivity index (χ0n) is 9.04. The lowest BCUT2D eigenvalue weighted by Gasteiger charge is -2.20. The van der Waals surface area contributed by atoms with Gasteiger partial charge in [0.15, 0.2) is 0 Å². The van der Waals surface area contributed by atoms with Crippen LogP contribution >= 0.6 is 11.6 Å². The molecule has 1 N–H and O–H groups in total. The zero-order chi connectivity index (χ0) is 10.8. The second kappa shape index (κ2) is 4.54. The molecule has 82 valence electrons. The van der Waals surface area contributed by atoms with Crippen molar-refractivity contribution in [2.45, 2.75) is 38.7 Å². The minimum absolute atomic E-state index is 0.328. The molecule has 0 aromatic heterocycles. The number of halogens is 1. The van der Waals surface area contributed by atoms with E-state index in [-0.39, 0.29) is 6.10 Å². The third-order valence-corrected chi connectivity index (χ3v) is 3.88. The lowest BCUT2D eigenvalue weighted by atomic mass is 9.92. The molecule has 1 aromatic carbocycles. The highest BCUT2D eigenvalue weighted by molar-refractivity contribution is 6.31. The molecule has 0 bridgehead atoms. The predicted octanol–water partition coefficient (Wildman–Crippen LogP) is 3.87. The Balaban J connectivity index is 2.24. The van der Waals surface area contributed by atoms with Gasteiger partial charge in [0, 0.05) is 5.02 Å². The quantitative estimate of drug-likeness (QED) is 0.809. The third kappa shape index (κ3) is 2.19. The fraction of sp³-hybridized carbons (Fsp3) is 0.538. The summed E-state index contributed by atoms with van der Waals surface area (Å²) in [6, 6.07) is 5.79. The Bertz CT molecular complexity index is 342. The SMILES string of the molecule is Cc1c(Cl)cccc1C(O)C1CCCC1. The van der Waals surface area contributed by atoms with E-state index in [0.717, 1.165) is 29.0 Å². The lowest BCUT2D eigenvalue weighted by Crippen LogP contribution is -2.10. The van der Waals surface area contributed by atoms with Crippen molar-refractivity contribution >= 4 is 11.6 Å². The van der Waals surface area contributed by atoms with Crippen molar-refractivity contribution in [2.24, 2.45) is 5.92 Å². The maximum Gasteiger partial charge on any atom is 0.0821 e. The highest BCUT2D eigenvalue weighted by Crippen LogP contribution is 2.37. The molecule has 0 radical (unpaired) electrons. The number of benzene rings is 1. The van der Waals surface area contributed by atoms with Crippen molar-refractivity contribution in [3.63, 3.8) is 0 Å². The Kier molecular flexibility index (Phi) is 3.32. The van der Waals surface area contributed by atoms with Crippen LogP contribution in [0.1, 0.15) is 42.9 Å². The summed E-state index contributed by atoms with van der Waals surface area (Å²) < 4.78 is 0. The van der Waals surface area contributed by atoms with Gasteiger partial charge in [-0.15, -0.1) is 0 Å². The van der Waals surface area contributed by atoms with E-state index in [1.54, 1.807) is 0 Å². The normalized spacial score (nSPS) is 19.4. The number of hydrogen-bond donors (Lipinski definition) is 1. The summed E-state index contributed by atoms with van der Waals surface area (Å²) in [5, 5.41) is 11.0. The molecule has 15 heavy (non-hydrogen) atoms. The zero-order valence-corrected chi connectivity index (χ0v) is 9.80. The average molecular weight is 225 g/mol. The first kappa shape index (κ1) is 11.0. The number of aliphatic hydroxyl groups is 1. The topological polar surface area (TPSA) is 20.2 Å². The molecular formula is C13H17ClO. The van der Waals surface area contributed by atoms with Crippen molar-refractivity contribution in [1.29, 1.82) is 0 Å². The van der Waals surface area contributed by atoms with Gasteiger partial charge in [0.2, 0.25) is 0 Å². The molecule has 0 spiro atoms. The Morgan fingerprint density at radius 3 is 2.67 bits per heavy atom. The molecular weight excluding hydrogens is 208 g/mol. The van der Waals surface area contributed by atoms with E-state index in [9.17, 15) is 5.11 Å². The molecule has 1 saturated carbocycles. The highest BCUT2D eigenvalue weighted by atomic mass is 35.5. The van der Waals surface area contributed by atoms with Gasteiger partial charge < -0.3 is 5.11 Å². The Hall–Kier alpha value is -0.530. The first-order valence-corrected chi connectivity index (χ1v) is 6.01. The van der Waals surface area contributed by atoms with Gasteiger partial charge in [0.1, 0.15) is 0 Å². The molecule has 1 aromatic rings. The van der Waals surface area contributed by atoms with Gasteiger partial charge >= 0.3 is 0 Å². The van der Waals surface area contributed by atoms with Crippen LogP contribution in [0.2, 0.25) is 5.02 Å². The van der Waals surface area contributed by atoms with E-state index in [4.69, 9.17) is 11.6 Å². The van der Waals surface area contributed by atoms with Gasteiger partial charge in [-0.25, -0.2) is 0 Å². The minimum atomic E-state index is -0.328.